The van der Waals surface area contributed by atoms with E-state index in [9.17, 15) is 14.7 Å². The molecule has 0 saturated heterocycles. The van der Waals surface area contributed by atoms with Crippen molar-refractivity contribution < 1.29 is 19.4 Å². The van der Waals surface area contributed by atoms with Crippen molar-refractivity contribution in [2.24, 2.45) is 10.2 Å². The highest BCUT2D eigenvalue weighted by atomic mass is 16.5. The number of azo groups is 1. The largest absolute Gasteiger partial charge is 0.505 e. The number of rotatable bonds is 5. The quantitative estimate of drug-likeness (QED) is 0.348. The zero-order valence-electron chi connectivity index (χ0n) is 16.9. The van der Waals surface area contributed by atoms with Gasteiger partial charge in [-0.3, -0.25) is 4.79 Å². The monoisotopic (exact) mass is 427 g/mol. The Balaban J connectivity index is 1.79. The van der Waals surface area contributed by atoms with E-state index in [0.717, 1.165) is 0 Å². The van der Waals surface area contributed by atoms with Gasteiger partial charge in [0.25, 0.3) is 5.91 Å². The molecule has 2 N–H and O–H groups in total. The van der Waals surface area contributed by atoms with Crippen molar-refractivity contribution >= 4 is 39.8 Å². The van der Waals surface area contributed by atoms with Gasteiger partial charge in [0.15, 0.2) is 11.4 Å². The Hall–Kier alpha value is -4.66. The third-order valence-corrected chi connectivity index (χ3v) is 4.57. The summed E-state index contributed by atoms with van der Waals surface area (Å²) in [6, 6.07) is 17.6. The first-order chi connectivity index (χ1) is 15.6. The topological polar surface area (TPSA) is 126 Å². The van der Waals surface area contributed by atoms with Crippen LogP contribution in [-0.2, 0) is 4.74 Å². The molecule has 0 aliphatic carbocycles. The molecule has 0 radical (unpaired) electrons. The van der Waals surface area contributed by atoms with Crippen LogP contribution >= 0.6 is 0 Å². The predicted molar refractivity (Wildman–Crippen MR) is 118 cm³/mol. The predicted octanol–water partition coefficient (Wildman–Crippen LogP) is 4.79. The average Bonchev–Trinajstić information content (AvgIpc) is 2.83. The molecule has 9 nitrogen and oxygen atoms in total. The lowest BCUT2D eigenvalue weighted by Crippen LogP contribution is -2.12. The molecule has 0 bridgehead atoms. The Labute approximate surface area is 182 Å². The van der Waals surface area contributed by atoms with Gasteiger partial charge in [0.1, 0.15) is 5.69 Å². The molecule has 0 unspecified atom stereocenters. The van der Waals surface area contributed by atoms with Gasteiger partial charge in [0, 0.05) is 18.1 Å². The van der Waals surface area contributed by atoms with E-state index >= 15 is 0 Å². The fourth-order valence-electron chi connectivity index (χ4n) is 3.09. The molecule has 1 amide bonds. The smallest absolute Gasteiger partial charge is 0.360 e. The van der Waals surface area contributed by atoms with E-state index in [1.165, 1.54) is 19.5 Å². The fraction of sp³-hybridized carbons (Fsp3) is 0.0435. The number of hydrogen-bond acceptors (Lipinski definition) is 8. The summed E-state index contributed by atoms with van der Waals surface area (Å²) in [4.78, 5) is 32.8. The third kappa shape index (κ3) is 4.12. The van der Waals surface area contributed by atoms with Crippen LogP contribution in [-0.4, -0.2) is 34.1 Å². The van der Waals surface area contributed by atoms with Crippen LogP contribution in [0.1, 0.15) is 20.8 Å². The number of anilines is 1. The van der Waals surface area contributed by atoms with Crippen LogP contribution in [0, 0.1) is 0 Å². The molecule has 158 valence electrons. The van der Waals surface area contributed by atoms with Crippen molar-refractivity contribution in [3.8, 4) is 5.75 Å². The van der Waals surface area contributed by atoms with E-state index in [4.69, 9.17) is 0 Å². The first-order valence-electron chi connectivity index (χ1n) is 9.50. The number of hydrogen-bond donors (Lipinski definition) is 2. The molecular formula is C23H17N5O4. The maximum Gasteiger partial charge on any atom is 0.360 e. The van der Waals surface area contributed by atoms with Crippen molar-refractivity contribution in [1.82, 2.24) is 9.97 Å². The number of esters is 1. The normalized spacial score (nSPS) is 10.9. The standard InChI is InChI=1S/C23H17N5O4/c1-32-23(31)19-21(25-12-11-24-19)28-27-17-13-14-7-5-6-10-16(14)18(20(17)29)22(30)26-15-8-3-2-4-9-15/h2-13,29H,1H3,(H,26,30). The summed E-state index contributed by atoms with van der Waals surface area (Å²) < 4.78 is 4.67. The first kappa shape index (κ1) is 20.6. The van der Waals surface area contributed by atoms with Crippen LogP contribution in [0.25, 0.3) is 10.8 Å². The zero-order valence-corrected chi connectivity index (χ0v) is 16.9. The van der Waals surface area contributed by atoms with Gasteiger partial charge in [-0.1, -0.05) is 42.5 Å². The van der Waals surface area contributed by atoms with Gasteiger partial charge in [-0.2, -0.15) is 0 Å². The number of aromatic hydroxyl groups is 1. The second kappa shape index (κ2) is 9.00. The molecule has 1 aromatic heterocycles. The van der Waals surface area contributed by atoms with E-state index < -0.39 is 11.9 Å². The number of nitrogens with zero attached hydrogens (tertiary/aromatic N) is 4. The Morgan fingerprint density at radius 1 is 0.969 bits per heavy atom. The van der Waals surface area contributed by atoms with Crippen LogP contribution in [0.4, 0.5) is 17.2 Å². The highest BCUT2D eigenvalue weighted by Crippen LogP contribution is 2.38. The molecule has 4 aromatic rings. The van der Waals surface area contributed by atoms with Crippen molar-refractivity contribution in [1.29, 1.82) is 0 Å². The van der Waals surface area contributed by atoms with E-state index in [1.807, 2.05) is 6.07 Å². The number of para-hydroxylation sites is 1. The molecule has 0 atom stereocenters. The van der Waals surface area contributed by atoms with Gasteiger partial charge in [0.2, 0.25) is 5.82 Å². The SMILES string of the molecule is COC(=O)c1nccnc1N=Nc1cc2ccccc2c(C(=O)Nc2ccccc2)c1O. The Kier molecular flexibility index (Phi) is 5.80. The molecule has 0 saturated carbocycles. The number of carbonyl (C=O) groups excluding carboxylic acids is 2. The zero-order chi connectivity index (χ0) is 22.5. The Morgan fingerprint density at radius 2 is 1.69 bits per heavy atom. The minimum atomic E-state index is -0.724. The van der Waals surface area contributed by atoms with Gasteiger partial charge < -0.3 is 15.2 Å². The maximum atomic E-state index is 13.0. The summed E-state index contributed by atoms with van der Waals surface area (Å²) in [5, 5.41) is 22.9. The fourth-order valence-corrected chi connectivity index (χ4v) is 3.09. The summed E-state index contributed by atoms with van der Waals surface area (Å²) >= 11 is 0. The number of carbonyl (C=O) groups is 2. The molecule has 4 rings (SSSR count). The molecule has 0 aliphatic heterocycles. The number of amides is 1. The lowest BCUT2D eigenvalue weighted by molar-refractivity contribution is 0.0594. The van der Waals surface area contributed by atoms with Crippen LogP contribution in [0.3, 0.4) is 0 Å². The van der Waals surface area contributed by atoms with E-state index in [2.05, 4.69) is 30.3 Å². The molecule has 0 spiro atoms. The molecule has 3 aromatic carbocycles. The molecular weight excluding hydrogens is 410 g/mol. The lowest BCUT2D eigenvalue weighted by atomic mass is 10.0. The van der Waals surface area contributed by atoms with Crippen molar-refractivity contribution in [2.75, 3.05) is 12.4 Å². The molecule has 9 heteroatoms. The van der Waals surface area contributed by atoms with Crippen LogP contribution < -0.4 is 5.32 Å². The maximum absolute atomic E-state index is 13.0. The lowest BCUT2D eigenvalue weighted by Gasteiger charge is -2.12. The number of benzene rings is 3. The van der Waals surface area contributed by atoms with Crippen LogP contribution in [0.5, 0.6) is 5.75 Å². The molecule has 32 heavy (non-hydrogen) atoms. The average molecular weight is 427 g/mol. The van der Waals surface area contributed by atoms with Crippen molar-refractivity contribution in [2.45, 2.75) is 0 Å². The minimum Gasteiger partial charge on any atom is -0.505 e. The van der Waals surface area contributed by atoms with E-state index in [-0.39, 0.29) is 28.5 Å². The van der Waals surface area contributed by atoms with E-state index in [1.54, 1.807) is 54.6 Å². The molecule has 1 heterocycles. The third-order valence-electron chi connectivity index (χ3n) is 4.57. The van der Waals surface area contributed by atoms with Crippen molar-refractivity contribution in [3.05, 3.63) is 84.3 Å². The highest BCUT2D eigenvalue weighted by Gasteiger charge is 2.20. The number of ether oxygens (including phenoxy) is 1. The summed E-state index contributed by atoms with van der Waals surface area (Å²) in [5.41, 5.74) is 0.535. The molecule has 0 aliphatic rings. The Morgan fingerprint density at radius 3 is 2.47 bits per heavy atom. The first-order valence-corrected chi connectivity index (χ1v) is 9.50. The summed E-state index contributed by atoms with van der Waals surface area (Å²) in [7, 11) is 1.21. The number of methoxy groups -OCH3 is 1. The molecule has 0 fully saturated rings. The summed E-state index contributed by atoms with van der Waals surface area (Å²) in [5.74, 6) is -1.67. The van der Waals surface area contributed by atoms with Gasteiger partial charge >= 0.3 is 5.97 Å². The van der Waals surface area contributed by atoms with Gasteiger partial charge in [-0.05, 0) is 29.0 Å². The summed E-state index contributed by atoms with van der Waals surface area (Å²) in [6.07, 6.45) is 2.67. The van der Waals surface area contributed by atoms with Crippen molar-refractivity contribution in [3.63, 3.8) is 0 Å². The number of fused-ring (bicyclic) bond motifs is 1. The van der Waals surface area contributed by atoms with Crippen LogP contribution in [0.15, 0.2) is 83.3 Å². The Bertz CT molecular complexity index is 1340. The summed E-state index contributed by atoms with van der Waals surface area (Å²) in [6.45, 7) is 0. The second-order valence-corrected chi connectivity index (χ2v) is 6.58. The number of aromatic nitrogens is 2. The second-order valence-electron chi connectivity index (χ2n) is 6.58. The van der Waals surface area contributed by atoms with Gasteiger partial charge in [-0.25, -0.2) is 14.8 Å². The van der Waals surface area contributed by atoms with Crippen LogP contribution in [0.2, 0.25) is 0 Å². The number of phenols is 1. The minimum absolute atomic E-state index is 0.0309. The number of nitrogens with one attached hydrogen (secondary N) is 1. The highest BCUT2D eigenvalue weighted by molar-refractivity contribution is 6.16. The van der Waals surface area contributed by atoms with Gasteiger partial charge in [0.05, 0.1) is 12.7 Å². The number of phenolic OH excluding ortho intramolecular Hbond substituents is 1. The van der Waals surface area contributed by atoms with Gasteiger partial charge in [-0.15, -0.1) is 10.2 Å². The van der Waals surface area contributed by atoms with E-state index in [0.29, 0.717) is 16.5 Å².